The maximum Gasteiger partial charge on any atom is 0.338 e. The Balaban J connectivity index is 1.52. The second-order valence-electron chi connectivity index (χ2n) is 5.93. The molecule has 0 bridgehead atoms. The van der Waals surface area contributed by atoms with Crippen LogP contribution >= 0.6 is 0 Å². The Morgan fingerprint density at radius 1 is 0.923 bits per heavy atom. The summed E-state index contributed by atoms with van der Waals surface area (Å²) in [6.45, 7) is 1.46. The van der Waals surface area contributed by atoms with E-state index in [1.807, 2.05) is 30.3 Å². The van der Waals surface area contributed by atoms with Crippen molar-refractivity contribution in [1.29, 1.82) is 0 Å². The molecule has 2 aromatic rings. The van der Waals surface area contributed by atoms with Crippen LogP contribution in [-0.4, -0.2) is 45.0 Å². The predicted octanol–water partition coefficient (Wildman–Crippen LogP) is 2.71. The Morgan fingerprint density at radius 3 is 2.23 bits per heavy atom. The van der Waals surface area contributed by atoms with Gasteiger partial charge in [-0.25, -0.2) is 13.2 Å². The predicted molar refractivity (Wildman–Crippen MR) is 96.7 cm³/mol. The van der Waals surface area contributed by atoms with Crippen molar-refractivity contribution in [1.82, 2.24) is 4.31 Å². The van der Waals surface area contributed by atoms with E-state index in [4.69, 9.17) is 9.47 Å². The molecule has 138 valence electrons. The highest BCUT2D eigenvalue weighted by Gasteiger charge is 2.27. The molecular weight excluding hydrogens is 354 g/mol. The van der Waals surface area contributed by atoms with Gasteiger partial charge in [-0.05, 0) is 49.2 Å². The van der Waals surface area contributed by atoms with Gasteiger partial charge in [-0.3, -0.25) is 0 Å². The molecule has 0 atom stereocenters. The molecule has 6 nitrogen and oxygen atoms in total. The number of benzene rings is 2. The fraction of sp³-hybridized carbons (Fsp3) is 0.316. The normalized spacial score (nSPS) is 14.9. The van der Waals surface area contributed by atoms with Crippen LogP contribution in [0.25, 0.3) is 0 Å². The van der Waals surface area contributed by atoms with Gasteiger partial charge in [0, 0.05) is 13.1 Å². The lowest BCUT2D eigenvalue weighted by Crippen LogP contribution is -2.27. The van der Waals surface area contributed by atoms with Crippen LogP contribution in [0.3, 0.4) is 0 Å². The summed E-state index contributed by atoms with van der Waals surface area (Å²) in [5, 5.41) is 0. The van der Waals surface area contributed by atoms with Crippen molar-refractivity contribution in [3.63, 3.8) is 0 Å². The van der Waals surface area contributed by atoms with E-state index in [1.54, 1.807) is 0 Å². The molecule has 1 aliphatic rings. The van der Waals surface area contributed by atoms with Crippen molar-refractivity contribution in [3.8, 4) is 5.75 Å². The molecule has 1 aliphatic heterocycles. The fourth-order valence-corrected chi connectivity index (χ4v) is 4.25. The summed E-state index contributed by atoms with van der Waals surface area (Å²) >= 11 is 0. The van der Waals surface area contributed by atoms with E-state index in [-0.39, 0.29) is 18.1 Å². The van der Waals surface area contributed by atoms with Crippen LogP contribution in [0.1, 0.15) is 23.2 Å². The highest BCUT2D eigenvalue weighted by Crippen LogP contribution is 2.21. The van der Waals surface area contributed by atoms with Crippen molar-refractivity contribution in [3.05, 3.63) is 60.2 Å². The van der Waals surface area contributed by atoms with E-state index in [0.717, 1.165) is 12.8 Å². The second-order valence-corrected chi connectivity index (χ2v) is 7.87. The zero-order chi connectivity index (χ0) is 18.4. The number of carbonyl (C=O) groups excluding carboxylic acids is 1. The number of para-hydroxylation sites is 1. The standard InChI is InChI=1S/C19H21NO5S/c21-19(25-15-14-24-17-6-2-1-3-7-17)16-8-10-18(11-9-16)26(22,23)20-12-4-5-13-20/h1-3,6-11H,4-5,12-15H2. The molecule has 7 heteroatoms. The number of hydrogen-bond acceptors (Lipinski definition) is 5. The van der Waals surface area contributed by atoms with Crippen molar-refractivity contribution in [2.45, 2.75) is 17.7 Å². The number of esters is 1. The summed E-state index contributed by atoms with van der Waals surface area (Å²) in [7, 11) is -3.47. The molecular formula is C19H21NO5S. The molecule has 0 radical (unpaired) electrons. The van der Waals surface area contributed by atoms with Crippen LogP contribution in [0.15, 0.2) is 59.5 Å². The quantitative estimate of drug-likeness (QED) is 0.550. The molecule has 3 rings (SSSR count). The van der Waals surface area contributed by atoms with Crippen LogP contribution in [0.4, 0.5) is 0 Å². The first-order valence-corrected chi connectivity index (χ1v) is 9.96. The number of carbonyl (C=O) groups is 1. The lowest BCUT2D eigenvalue weighted by molar-refractivity contribution is 0.0450. The van der Waals surface area contributed by atoms with Crippen LogP contribution in [0.5, 0.6) is 5.75 Å². The first-order chi connectivity index (χ1) is 12.6. The topological polar surface area (TPSA) is 72.9 Å². The van der Waals surface area contributed by atoms with Gasteiger partial charge < -0.3 is 9.47 Å². The monoisotopic (exact) mass is 375 g/mol. The summed E-state index contributed by atoms with van der Waals surface area (Å²) in [6.07, 6.45) is 1.77. The molecule has 0 saturated carbocycles. The van der Waals surface area contributed by atoms with Crippen LogP contribution in [0, 0.1) is 0 Å². The smallest absolute Gasteiger partial charge is 0.338 e. The van der Waals surface area contributed by atoms with Gasteiger partial charge in [0.15, 0.2) is 0 Å². The highest BCUT2D eigenvalue weighted by atomic mass is 32.2. The molecule has 0 aliphatic carbocycles. The molecule has 0 aromatic heterocycles. The molecule has 0 N–H and O–H groups in total. The largest absolute Gasteiger partial charge is 0.490 e. The van der Waals surface area contributed by atoms with Gasteiger partial charge in [-0.2, -0.15) is 4.31 Å². The van der Waals surface area contributed by atoms with Crippen LogP contribution < -0.4 is 4.74 Å². The number of nitrogens with zero attached hydrogens (tertiary/aromatic N) is 1. The molecule has 26 heavy (non-hydrogen) atoms. The van der Waals surface area contributed by atoms with Crippen molar-refractivity contribution in [2.24, 2.45) is 0 Å². The first kappa shape index (κ1) is 18.4. The Kier molecular flexibility index (Phi) is 5.90. The second kappa shape index (κ2) is 8.33. The summed E-state index contributed by atoms with van der Waals surface area (Å²) in [5.74, 6) is 0.201. The minimum Gasteiger partial charge on any atom is -0.490 e. The summed E-state index contributed by atoms with van der Waals surface area (Å²) in [6, 6.07) is 15.1. The lowest BCUT2D eigenvalue weighted by Gasteiger charge is -2.15. The molecule has 0 unspecified atom stereocenters. The number of rotatable bonds is 7. The van der Waals surface area contributed by atoms with E-state index in [0.29, 0.717) is 24.4 Å². The Labute approximate surface area is 153 Å². The van der Waals surface area contributed by atoms with Gasteiger partial charge in [-0.15, -0.1) is 0 Å². The SMILES string of the molecule is O=C(OCCOc1ccccc1)c1ccc(S(=O)(=O)N2CCCC2)cc1. The maximum absolute atomic E-state index is 12.5. The van der Waals surface area contributed by atoms with Gasteiger partial charge in [0.25, 0.3) is 0 Å². The Morgan fingerprint density at radius 2 is 1.58 bits per heavy atom. The average Bonchev–Trinajstić information content (AvgIpc) is 3.22. The fourth-order valence-electron chi connectivity index (χ4n) is 2.73. The third-order valence-electron chi connectivity index (χ3n) is 4.12. The van der Waals surface area contributed by atoms with E-state index in [2.05, 4.69) is 0 Å². The minimum absolute atomic E-state index is 0.113. The highest BCUT2D eigenvalue weighted by molar-refractivity contribution is 7.89. The van der Waals surface area contributed by atoms with Gasteiger partial charge in [-0.1, -0.05) is 18.2 Å². The maximum atomic E-state index is 12.5. The number of sulfonamides is 1. The van der Waals surface area contributed by atoms with Crippen molar-refractivity contribution < 1.29 is 22.7 Å². The van der Waals surface area contributed by atoms with E-state index in [1.165, 1.54) is 28.6 Å². The first-order valence-electron chi connectivity index (χ1n) is 8.52. The molecule has 0 amide bonds. The minimum atomic E-state index is -3.47. The van der Waals surface area contributed by atoms with Crippen molar-refractivity contribution in [2.75, 3.05) is 26.3 Å². The molecule has 2 aromatic carbocycles. The third kappa shape index (κ3) is 4.42. The van der Waals surface area contributed by atoms with Gasteiger partial charge in [0.05, 0.1) is 10.5 Å². The average molecular weight is 375 g/mol. The molecule has 0 spiro atoms. The summed E-state index contributed by atoms with van der Waals surface area (Å²) in [4.78, 5) is 12.2. The van der Waals surface area contributed by atoms with E-state index in [9.17, 15) is 13.2 Å². The number of ether oxygens (including phenoxy) is 2. The van der Waals surface area contributed by atoms with Crippen molar-refractivity contribution >= 4 is 16.0 Å². The zero-order valence-corrected chi connectivity index (χ0v) is 15.2. The Hall–Kier alpha value is -2.38. The van der Waals surface area contributed by atoms with Crippen LogP contribution in [0.2, 0.25) is 0 Å². The van der Waals surface area contributed by atoms with Crippen LogP contribution in [-0.2, 0) is 14.8 Å². The summed E-state index contributed by atoms with van der Waals surface area (Å²) < 4.78 is 37.0. The third-order valence-corrected chi connectivity index (χ3v) is 6.03. The lowest BCUT2D eigenvalue weighted by atomic mass is 10.2. The molecule has 1 fully saturated rings. The van der Waals surface area contributed by atoms with Gasteiger partial charge in [0.1, 0.15) is 19.0 Å². The number of hydrogen-bond donors (Lipinski definition) is 0. The summed E-state index contributed by atoms with van der Waals surface area (Å²) in [5.41, 5.74) is 0.310. The van der Waals surface area contributed by atoms with Gasteiger partial charge >= 0.3 is 5.97 Å². The zero-order valence-electron chi connectivity index (χ0n) is 14.3. The Bertz CT molecular complexity index is 828. The van der Waals surface area contributed by atoms with E-state index < -0.39 is 16.0 Å². The van der Waals surface area contributed by atoms with Gasteiger partial charge in [0.2, 0.25) is 10.0 Å². The molecule has 1 saturated heterocycles. The van der Waals surface area contributed by atoms with E-state index >= 15 is 0 Å². The molecule has 1 heterocycles.